The Bertz CT molecular complexity index is 339. The summed E-state index contributed by atoms with van der Waals surface area (Å²) < 4.78 is 0. The maximum absolute atomic E-state index is 11.3. The van der Waals surface area contributed by atoms with Crippen LogP contribution < -0.4 is 5.32 Å². The van der Waals surface area contributed by atoms with Gasteiger partial charge in [-0.1, -0.05) is 46.3 Å². The predicted molar refractivity (Wildman–Crippen MR) is 64.1 cm³/mol. The largest absolute Gasteiger partial charge is 0.353 e. The molecule has 1 aliphatic rings. The van der Waals surface area contributed by atoms with Crippen LogP contribution in [0.1, 0.15) is 24.3 Å². The molecule has 2 rings (SSSR count). The third-order valence-corrected chi connectivity index (χ3v) is 3.08. The molecule has 80 valence electrons. The summed E-state index contributed by atoms with van der Waals surface area (Å²) in [5, 5.41) is 3.77. The van der Waals surface area contributed by atoms with E-state index >= 15 is 0 Å². The molecule has 2 atom stereocenters. The van der Waals surface area contributed by atoms with Gasteiger partial charge in [0.25, 0.3) is 0 Å². The van der Waals surface area contributed by atoms with Gasteiger partial charge in [0.1, 0.15) is 0 Å². The van der Waals surface area contributed by atoms with E-state index in [4.69, 9.17) is 0 Å². The molecule has 15 heavy (non-hydrogen) atoms. The highest BCUT2D eigenvalue weighted by atomic mass is 79.9. The van der Waals surface area contributed by atoms with Gasteiger partial charge in [-0.3, -0.25) is 4.79 Å². The minimum atomic E-state index is 0.148. The lowest BCUT2D eigenvalue weighted by molar-refractivity contribution is -0.120. The normalized spacial score (nSPS) is 23.5. The van der Waals surface area contributed by atoms with Gasteiger partial charge >= 0.3 is 0 Å². The Labute approximate surface area is 98.2 Å². The first-order chi connectivity index (χ1) is 7.31. The summed E-state index contributed by atoms with van der Waals surface area (Å²) in [5.41, 5.74) is 1.33. The second-order valence-corrected chi connectivity index (χ2v) is 4.66. The van der Waals surface area contributed by atoms with Gasteiger partial charge in [-0.05, 0) is 12.0 Å². The molecule has 1 saturated carbocycles. The van der Waals surface area contributed by atoms with Gasteiger partial charge in [-0.15, -0.1) is 0 Å². The van der Waals surface area contributed by atoms with Crippen LogP contribution in [0.5, 0.6) is 0 Å². The number of alkyl halides is 1. The Balaban J connectivity index is 1.84. The van der Waals surface area contributed by atoms with Crippen molar-refractivity contribution >= 4 is 21.8 Å². The van der Waals surface area contributed by atoms with Crippen molar-refractivity contribution in [1.29, 1.82) is 0 Å². The van der Waals surface area contributed by atoms with Crippen LogP contribution in [0.2, 0.25) is 0 Å². The number of halogens is 1. The molecule has 2 nitrogen and oxygen atoms in total. The van der Waals surface area contributed by atoms with E-state index in [1.165, 1.54) is 5.56 Å². The number of nitrogens with one attached hydrogen (secondary N) is 1. The smallest absolute Gasteiger partial charge is 0.221 e. The molecule has 0 bridgehead atoms. The quantitative estimate of drug-likeness (QED) is 0.835. The highest BCUT2D eigenvalue weighted by Crippen LogP contribution is 2.40. The second kappa shape index (κ2) is 4.79. The number of hydrogen-bond donors (Lipinski definition) is 1. The van der Waals surface area contributed by atoms with Gasteiger partial charge in [0, 0.05) is 23.7 Å². The van der Waals surface area contributed by atoms with Crippen LogP contribution in [-0.4, -0.2) is 17.3 Å². The third kappa shape index (κ3) is 2.81. The number of rotatable bonds is 4. The fraction of sp³-hybridized carbons (Fsp3) is 0.417. The van der Waals surface area contributed by atoms with Gasteiger partial charge in [0.05, 0.1) is 0 Å². The highest BCUT2D eigenvalue weighted by molar-refractivity contribution is 9.09. The summed E-state index contributed by atoms with van der Waals surface area (Å²) in [4.78, 5) is 11.3. The van der Waals surface area contributed by atoms with Crippen LogP contribution in [0.4, 0.5) is 0 Å². The zero-order chi connectivity index (χ0) is 10.7. The third-order valence-electron chi connectivity index (χ3n) is 2.69. The molecule has 1 N–H and O–H groups in total. The van der Waals surface area contributed by atoms with E-state index in [0.29, 0.717) is 18.4 Å². The standard InChI is InChI=1S/C12H14BrNO/c13-7-6-12(15)14-11-8-10(11)9-4-2-1-3-5-9/h1-5,10-11H,6-8H2,(H,14,15). The Kier molecular flexibility index (Phi) is 3.41. The number of carbonyl (C=O) groups is 1. The lowest BCUT2D eigenvalue weighted by atomic mass is 10.1. The molecule has 1 aromatic rings. The van der Waals surface area contributed by atoms with Gasteiger partial charge in [-0.2, -0.15) is 0 Å². The lowest BCUT2D eigenvalue weighted by Crippen LogP contribution is -2.26. The van der Waals surface area contributed by atoms with Gasteiger partial charge in [0.15, 0.2) is 0 Å². The first-order valence-electron chi connectivity index (χ1n) is 5.21. The van der Waals surface area contributed by atoms with Crippen molar-refractivity contribution in [2.24, 2.45) is 0 Å². The van der Waals surface area contributed by atoms with Gasteiger partial charge < -0.3 is 5.32 Å². The molecule has 3 heteroatoms. The molecule has 0 aromatic heterocycles. The molecule has 0 aliphatic heterocycles. The first kappa shape index (κ1) is 10.7. The van der Waals surface area contributed by atoms with Crippen LogP contribution in [0.15, 0.2) is 30.3 Å². The topological polar surface area (TPSA) is 29.1 Å². The minimum absolute atomic E-state index is 0.148. The van der Waals surface area contributed by atoms with Gasteiger partial charge in [0.2, 0.25) is 5.91 Å². The van der Waals surface area contributed by atoms with Crippen molar-refractivity contribution in [1.82, 2.24) is 5.32 Å². The summed E-state index contributed by atoms with van der Waals surface area (Å²) in [6.07, 6.45) is 1.65. The molecule has 1 fully saturated rings. The fourth-order valence-electron chi connectivity index (χ4n) is 1.79. The molecular formula is C12H14BrNO. The van der Waals surface area contributed by atoms with Crippen molar-refractivity contribution in [3.05, 3.63) is 35.9 Å². The zero-order valence-electron chi connectivity index (χ0n) is 8.45. The summed E-state index contributed by atoms with van der Waals surface area (Å²) in [5.74, 6) is 0.681. The van der Waals surface area contributed by atoms with Gasteiger partial charge in [-0.25, -0.2) is 0 Å². The number of hydrogen-bond acceptors (Lipinski definition) is 1. The SMILES string of the molecule is O=C(CCBr)NC1CC1c1ccccc1. The van der Waals surface area contributed by atoms with E-state index in [-0.39, 0.29) is 5.91 Å². The molecule has 1 aliphatic carbocycles. The molecule has 2 unspecified atom stereocenters. The maximum Gasteiger partial charge on any atom is 0.221 e. The van der Waals surface area contributed by atoms with E-state index < -0.39 is 0 Å². The summed E-state index contributed by atoms with van der Waals surface area (Å²) in [6.45, 7) is 0. The second-order valence-electron chi connectivity index (χ2n) is 3.87. The molecule has 0 radical (unpaired) electrons. The molecule has 1 amide bonds. The monoisotopic (exact) mass is 267 g/mol. The van der Waals surface area contributed by atoms with E-state index in [9.17, 15) is 4.79 Å². The van der Waals surface area contributed by atoms with Crippen molar-refractivity contribution in [3.8, 4) is 0 Å². The Morgan fingerprint density at radius 1 is 1.40 bits per heavy atom. The lowest BCUT2D eigenvalue weighted by Gasteiger charge is -2.03. The average molecular weight is 268 g/mol. The summed E-state index contributed by atoms with van der Waals surface area (Å²) in [7, 11) is 0. The Morgan fingerprint density at radius 3 is 2.80 bits per heavy atom. The maximum atomic E-state index is 11.3. The van der Waals surface area contributed by atoms with E-state index in [0.717, 1.165) is 11.8 Å². The van der Waals surface area contributed by atoms with Crippen LogP contribution in [0.25, 0.3) is 0 Å². The summed E-state index contributed by atoms with van der Waals surface area (Å²) >= 11 is 3.26. The molecule has 0 heterocycles. The average Bonchev–Trinajstić information content (AvgIpc) is 2.99. The minimum Gasteiger partial charge on any atom is -0.353 e. The predicted octanol–water partition coefficient (Wildman–Crippen LogP) is 2.44. The van der Waals surface area contributed by atoms with Crippen LogP contribution in [-0.2, 0) is 4.79 Å². The van der Waals surface area contributed by atoms with Crippen molar-refractivity contribution in [3.63, 3.8) is 0 Å². The molecule has 1 aromatic carbocycles. The number of benzene rings is 1. The Hall–Kier alpha value is -0.830. The van der Waals surface area contributed by atoms with E-state index in [2.05, 4.69) is 33.4 Å². The number of amides is 1. The van der Waals surface area contributed by atoms with Crippen LogP contribution in [0, 0.1) is 0 Å². The fourth-order valence-corrected chi connectivity index (χ4v) is 2.15. The molecule has 0 spiro atoms. The van der Waals surface area contributed by atoms with Crippen LogP contribution >= 0.6 is 15.9 Å². The summed E-state index contributed by atoms with van der Waals surface area (Å²) in [6, 6.07) is 10.7. The Morgan fingerprint density at radius 2 is 2.13 bits per heavy atom. The highest BCUT2D eigenvalue weighted by Gasteiger charge is 2.38. The van der Waals surface area contributed by atoms with E-state index in [1.54, 1.807) is 0 Å². The first-order valence-corrected chi connectivity index (χ1v) is 6.33. The molecular weight excluding hydrogens is 254 g/mol. The zero-order valence-corrected chi connectivity index (χ0v) is 10.0. The van der Waals surface area contributed by atoms with Crippen molar-refractivity contribution in [2.45, 2.75) is 24.8 Å². The number of carbonyl (C=O) groups excluding carboxylic acids is 1. The van der Waals surface area contributed by atoms with Crippen LogP contribution in [0.3, 0.4) is 0 Å². The van der Waals surface area contributed by atoms with E-state index in [1.807, 2.05) is 18.2 Å². The van der Waals surface area contributed by atoms with Crippen molar-refractivity contribution in [2.75, 3.05) is 5.33 Å². The molecule has 0 saturated heterocycles. The van der Waals surface area contributed by atoms with Crippen molar-refractivity contribution < 1.29 is 4.79 Å².